The summed E-state index contributed by atoms with van der Waals surface area (Å²) in [6.45, 7) is 1.77. The summed E-state index contributed by atoms with van der Waals surface area (Å²) in [6.07, 6.45) is 2.59. The summed E-state index contributed by atoms with van der Waals surface area (Å²) >= 11 is 0. The molecule has 1 heterocycles. The molecule has 118 valence electrons. The third kappa shape index (κ3) is 4.27. The van der Waals surface area contributed by atoms with Gasteiger partial charge in [0.25, 0.3) is 17.5 Å². The Hall–Kier alpha value is -3.42. The number of carbonyl (C=O) groups excluding carboxylic acids is 2. The molecule has 0 aliphatic carbocycles. The maximum atomic E-state index is 11.9. The minimum absolute atomic E-state index is 0.150. The van der Waals surface area contributed by atoms with Crippen molar-refractivity contribution < 1.29 is 18.9 Å². The van der Waals surface area contributed by atoms with E-state index in [2.05, 4.69) is 10.9 Å². The van der Waals surface area contributed by atoms with Gasteiger partial charge in [-0.3, -0.25) is 30.6 Å². The highest BCUT2D eigenvalue weighted by atomic mass is 16.6. The molecule has 0 saturated heterocycles. The number of amides is 2. The van der Waals surface area contributed by atoms with Gasteiger partial charge < -0.3 is 4.42 Å². The average molecular weight is 315 g/mol. The molecule has 2 rings (SSSR count). The van der Waals surface area contributed by atoms with Crippen LogP contribution in [0.1, 0.15) is 21.9 Å². The minimum atomic E-state index is -0.784. The van der Waals surface area contributed by atoms with Crippen molar-refractivity contribution in [1.29, 1.82) is 0 Å². The summed E-state index contributed by atoms with van der Waals surface area (Å²) in [5, 5.41) is 10.8. The van der Waals surface area contributed by atoms with Crippen molar-refractivity contribution in [2.24, 2.45) is 0 Å². The molecule has 23 heavy (non-hydrogen) atoms. The Labute approximate surface area is 130 Å². The molecule has 0 spiro atoms. The molecule has 0 saturated carbocycles. The minimum Gasteiger partial charge on any atom is -0.462 e. The second-order valence-electron chi connectivity index (χ2n) is 4.50. The Kier molecular flexibility index (Phi) is 4.88. The Balaban J connectivity index is 1.95. The number of nitrogens with zero attached hydrogens (tertiary/aromatic N) is 1. The molecule has 8 nitrogen and oxygen atoms in total. The van der Waals surface area contributed by atoms with Gasteiger partial charge in [-0.05, 0) is 31.2 Å². The third-order valence-corrected chi connectivity index (χ3v) is 2.80. The van der Waals surface area contributed by atoms with Crippen LogP contribution in [0.3, 0.4) is 0 Å². The molecule has 0 radical (unpaired) electrons. The van der Waals surface area contributed by atoms with Crippen LogP contribution in [0, 0.1) is 17.0 Å². The molecule has 8 heteroatoms. The maximum Gasteiger partial charge on any atom is 0.282 e. The first-order chi connectivity index (χ1) is 11.0. The van der Waals surface area contributed by atoms with Crippen LogP contribution in [0.25, 0.3) is 6.08 Å². The van der Waals surface area contributed by atoms with Crippen molar-refractivity contribution in [2.75, 3.05) is 0 Å². The van der Waals surface area contributed by atoms with Crippen LogP contribution in [-0.2, 0) is 4.79 Å². The van der Waals surface area contributed by atoms with Gasteiger partial charge in [0.05, 0.1) is 4.92 Å². The molecule has 0 atom stereocenters. The number of carbonyl (C=O) groups is 2. The highest BCUT2D eigenvalue weighted by molar-refractivity contribution is 6.00. The van der Waals surface area contributed by atoms with Crippen LogP contribution in [-0.4, -0.2) is 16.7 Å². The van der Waals surface area contributed by atoms with Gasteiger partial charge in [-0.2, -0.15) is 0 Å². The average Bonchev–Trinajstić information content (AvgIpc) is 2.96. The second-order valence-corrected chi connectivity index (χ2v) is 4.50. The van der Waals surface area contributed by atoms with E-state index in [9.17, 15) is 19.7 Å². The third-order valence-electron chi connectivity index (χ3n) is 2.80. The predicted octanol–water partition coefficient (Wildman–Crippen LogP) is 1.97. The Bertz CT molecular complexity index is 779. The van der Waals surface area contributed by atoms with Gasteiger partial charge in [-0.25, -0.2) is 0 Å². The van der Waals surface area contributed by atoms with E-state index in [-0.39, 0.29) is 11.3 Å². The lowest BCUT2D eigenvalue weighted by Gasteiger charge is -2.05. The number of benzene rings is 1. The molecule has 0 bridgehead atoms. The van der Waals surface area contributed by atoms with Gasteiger partial charge in [0, 0.05) is 12.1 Å². The molecule has 0 unspecified atom stereocenters. The zero-order chi connectivity index (χ0) is 16.8. The SMILES string of the molecule is Cc1ccc(C=CC(=O)NNC(=O)c2ccccc2[N+](=O)[O-])o1. The van der Waals surface area contributed by atoms with Crippen molar-refractivity contribution >= 4 is 23.6 Å². The fourth-order valence-corrected chi connectivity index (χ4v) is 1.75. The Morgan fingerprint density at radius 1 is 1.17 bits per heavy atom. The molecular formula is C15H13N3O5. The summed E-state index contributed by atoms with van der Waals surface area (Å²) in [7, 11) is 0. The molecule has 2 N–H and O–H groups in total. The number of furan rings is 1. The molecule has 0 fully saturated rings. The van der Waals surface area contributed by atoms with Crippen molar-refractivity contribution in [2.45, 2.75) is 6.92 Å². The number of hydrogen-bond donors (Lipinski definition) is 2. The van der Waals surface area contributed by atoms with Crippen LogP contribution in [0.2, 0.25) is 0 Å². The number of hydrogen-bond acceptors (Lipinski definition) is 5. The number of nitrogens with one attached hydrogen (secondary N) is 2. The molecule has 0 aliphatic rings. The summed E-state index contributed by atoms with van der Waals surface area (Å²) in [6, 6.07) is 8.86. The number of hydrazine groups is 1. The molecule has 2 aromatic rings. The first-order valence-corrected chi connectivity index (χ1v) is 6.55. The molecular weight excluding hydrogens is 302 g/mol. The first-order valence-electron chi connectivity index (χ1n) is 6.55. The standard InChI is InChI=1S/C15H13N3O5/c1-10-6-7-11(23-10)8-9-14(19)16-17-15(20)12-4-2-3-5-13(12)18(21)22/h2-9H,1H3,(H,16,19)(H,17,20). The molecule has 1 aromatic heterocycles. The van der Waals surface area contributed by atoms with E-state index in [0.29, 0.717) is 11.5 Å². The van der Waals surface area contributed by atoms with Gasteiger partial charge >= 0.3 is 0 Å². The highest BCUT2D eigenvalue weighted by Crippen LogP contribution is 2.16. The van der Waals surface area contributed by atoms with Crippen LogP contribution in [0.15, 0.2) is 46.9 Å². The zero-order valence-corrected chi connectivity index (χ0v) is 12.1. The van der Waals surface area contributed by atoms with E-state index in [1.165, 1.54) is 30.3 Å². The monoisotopic (exact) mass is 315 g/mol. The summed E-state index contributed by atoms with van der Waals surface area (Å²) in [5.74, 6) is -0.198. The summed E-state index contributed by atoms with van der Waals surface area (Å²) in [5.41, 5.74) is 3.75. The molecule has 1 aromatic carbocycles. The smallest absolute Gasteiger partial charge is 0.282 e. The van der Waals surface area contributed by atoms with Gasteiger partial charge in [0.1, 0.15) is 17.1 Å². The fourth-order valence-electron chi connectivity index (χ4n) is 1.75. The normalized spacial score (nSPS) is 10.5. The highest BCUT2D eigenvalue weighted by Gasteiger charge is 2.19. The molecule has 0 aliphatic heterocycles. The number of nitro groups is 1. The van der Waals surface area contributed by atoms with Crippen molar-refractivity contribution in [3.05, 3.63) is 69.7 Å². The summed E-state index contributed by atoms with van der Waals surface area (Å²) < 4.78 is 5.24. The largest absolute Gasteiger partial charge is 0.462 e. The number of nitro benzene ring substituents is 1. The predicted molar refractivity (Wildman–Crippen MR) is 81.2 cm³/mol. The Morgan fingerprint density at radius 3 is 2.57 bits per heavy atom. The van der Waals surface area contributed by atoms with Crippen molar-refractivity contribution in [3.63, 3.8) is 0 Å². The maximum absolute atomic E-state index is 11.9. The Morgan fingerprint density at radius 2 is 1.91 bits per heavy atom. The van der Waals surface area contributed by atoms with Crippen LogP contribution in [0.5, 0.6) is 0 Å². The number of aryl methyl sites for hydroxylation is 1. The van der Waals surface area contributed by atoms with Crippen LogP contribution >= 0.6 is 0 Å². The first kappa shape index (κ1) is 16.0. The lowest BCUT2D eigenvalue weighted by Crippen LogP contribution is -2.40. The number of para-hydroxylation sites is 1. The van der Waals surface area contributed by atoms with Crippen molar-refractivity contribution in [1.82, 2.24) is 10.9 Å². The zero-order valence-electron chi connectivity index (χ0n) is 12.1. The lowest BCUT2D eigenvalue weighted by molar-refractivity contribution is -0.385. The van der Waals surface area contributed by atoms with Gasteiger partial charge in [0.15, 0.2) is 0 Å². The fraction of sp³-hybridized carbons (Fsp3) is 0.0667. The second kappa shape index (κ2) is 7.03. The van der Waals surface area contributed by atoms with Crippen molar-refractivity contribution in [3.8, 4) is 0 Å². The lowest BCUT2D eigenvalue weighted by atomic mass is 10.2. The van der Waals surface area contributed by atoms with Crippen LogP contribution in [0.4, 0.5) is 5.69 Å². The number of rotatable bonds is 4. The van der Waals surface area contributed by atoms with Crippen LogP contribution < -0.4 is 10.9 Å². The van der Waals surface area contributed by atoms with Gasteiger partial charge in [-0.1, -0.05) is 12.1 Å². The van der Waals surface area contributed by atoms with E-state index in [1.807, 2.05) is 0 Å². The quantitative estimate of drug-likeness (QED) is 0.508. The van der Waals surface area contributed by atoms with Gasteiger partial charge in [-0.15, -0.1) is 0 Å². The van der Waals surface area contributed by atoms with E-state index >= 15 is 0 Å². The summed E-state index contributed by atoms with van der Waals surface area (Å²) in [4.78, 5) is 33.6. The van der Waals surface area contributed by atoms with E-state index in [0.717, 1.165) is 6.08 Å². The van der Waals surface area contributed by atoms with Gasteiger partial charge in [0.2, 0.25) is 0 Å². The van der Waals surface area contributed by atoms with E-state index in [4.69, 9.17) is 4.42 Å². The topological polar surface area (TPSA) is 114 Å². The van der Waals surface area contributed by atoms with E-state index < -0.39 is 16.7 Å². The molecule has 2 amide bonds. The van der Waals surface area contributed by atoms with E-state index in [1.54, 1.807) is 19.1 Å².